The van der Waals surface area contributed by atoms with Gasteiger partial charge >= 0.3 is 0 Å². The van der Waals surface area contributed by atoms with E-state index < -0.39 is 0 Å². The van der Waals surface area contributed by atoms with E-state index >= 15 is 0 Å². The van der Waals surface area contributed by atoms with E-state index in [0.717, 1.165) is 15.9 Å². The summed E-state index contributed by atoms with van der Waals surface area (Å²) in [7, 11) is 0. The van der Waals surface area contributed by atoms with Crippen molar-refractivity contribution in [2.75, 3.05) is 5.32 Å². The normalized spacial score (nSPS) is 10.3. The fourth-order valence-electron chi connectivity index (χ4n) is 1.69. The van der Waals surface area contributed by atoms with Crippen molar-refractivity contribution in [3.05, 3.63) is 46.6 Å². The van der Waals surface area contributed by atoms with E-state index in [0.29, 0.717) is 16.4 Å². The monoisotopic (exact) mass is 286 g/mol. The van der Waals surface area contributed by atoms with Crippen LogP contribution in [0.4, 0.5) is 11.5 Å². The Morgan fingerprint density at radius 2 is 2.16 bits per heavy atom. The Hall–Kier alpha value is -2.16. The van der Waals surface area contributed by atoms with Gasteiger partial charge in [-0.05, 0) is 24.3 Å². The molecule has 0 saturated carbocycles. The molecule has 3 aromatic rings. The largest absolute Gasteiger partial charge is 0.339 e. The molecule has 2 heterocycles. The van der Waals surface area contributed by atoms with Crippen LogP contribution in [-0.4, -0.2) is 9.97 Å². The predicted octanol–water partition coefficient (Wildman–Crippen LogP) is 3.96. The first-order valence-electron chi connectivity index (χ1n) is 5.43. The van der Waals surface area contributed by atoms with E-state index in [2.05, 4.69) is 15.3 Å². The molecule has 1 aromatic carbocycles. The maximum Gasteiger partial charge on any atom is 0.150 e. The van der Waals surface area contributed by atoms with E-state index in [4.69, 9.17) is 16.9 Å². The van der Waals surface area contributed by atoms with Crippen LogP contribution in [0.3, 0.4) is 0 Å². The van der Waals surface area contributed by atoms with Crippen LogP contribution >= 0.6 is 22.9 Å². The van der Waals surface area contributed by atoms with Gasteiger partial charge in [-0.25, -0.2) is 9.97 Å². The molecular weight excluding hydrogens is 280 g/mol. The van der Waals surface area contributed by atoms with Gasteiger partial charge in [0, 0.05) is 11.9 Å². The summed E-state index contributed by atoms with van der Waals surface area (Å²) >= 11 is 7.67. The first-order valence-corrected chi connectivity index (χ1v) is 6.68. The van der Waals surface area contributed by atoms with Crippen LogP contribution in [0.5, 0.6) is 0 Å². The molecule has 0 aliphatic heterocycles. The average Bonchev–Trinajstić information content (AvgIpc) is 2.88. The number of nitriles is 1. The summed E-state index contributed by atoms with van der Waals surface area (Å²) in [4.78, 5) is 8.36. The molecule has 3 rings (SSSR count). The quantitative estimate of drug-likeness (QED) is 0.774. The molecule has 0 unspecified atom stereocenters. The predicted molar refractivity (Wildman–Crippen MR) is 76.9 cm³/mol. The molecular formula is C13H7ClN4S. The number of halogens is 1. The number of pyridine rings is 1. The summed E-state index contributed by atoms with van der Waals surface area (Å²) in [6.07, 6.45) is 1.55. The Morgan fingerprint density at radius 3 is 3.00 bits per heavy atom. The molecule has 0 radical (unpaired) electrons. The molecule has 0 fully saturated rings. The highest BCUT2D eigenvalue weighted by molar-refractivity contribution is 7.16. The van der Waals surface area contributed by atoms with Gasteiger partial charge in [0.15, 0.2) is 5.82 Å². The van der Waals surface area contributed by atoms with Crippen LogP contribution in [-0.2, 0) is 0 Å². The fraction of sp³-hybridized carbons (Fsp3) is 0. The van der Waals surface area contributed by atoms with Crippen molar-refractivity contribution in [2.24, 2.45) is 0 Å². The SMILES string of the molecule is N#Cc1ccnc(Nc2ccc3ncsc3c2)c1Cl. The minimum atomic E-state index is 0.328. The number of benzene rings is 1. The van der Waals surface area contributed by atoms with Gasteiger partial charge in [0.1, 0.15) is 11.1 Å². The van der Waals surface area contributed by atoms with Gasteiger partial charge in [-0.2, -0.15) is 5.26 Å². The van der Waals surface area contributed by atoms with E-state index in [9.17, 15) is 0 Å². The van der Waals surface area contributed by atoms with Crippen LogP contribution in [0.2, 0.25) is 5.02 Å². The number of hydrogen-bond donors (Lipinski definition) is 1. The highest BCUT2D eigenvalue weighted by Crippen LogP contribution is 2.28. The van der Waals surface area contributed by atoms with Gasteiger partial charge in [0.25, 0.3) is 0 Å². The summed E-state index contributed by atoms with van der Waals surface area (Å²) in [5.74, 6) is 0.476. The van der Waals surface area contributed by atoms with Gasteiger partial charge in [-0.3, -0.25) is 0 Å². The maximum absolute atomic E-state index is 8.93. The zero-order valence-corrected chi connectivity index (χ0v) is 11.2. The first kappa shape index (κ1) is 11.9. The van der Waals surface area contributed by atoms with Crippen molar-refractivity contribution < 1.29 is 0 Å². The van der Waals surface area contributed by atoms with Gasteiger partial charge in [-0.1, -0.05) is 11.6 Å². The van der Waals surface area contributed by atoms with Gasteiger partial charge in [0.2, 0.25) is 0 Å². The molecule has 0 saturated heterocycles. The lowest BCUT2D eigenvalue weighted by Crippen LogP contribution is -1.95. The fourth-order valence-corrected chi connectivity index (χ4v) is 2.60. The summed E-state index contributed by atoms with van der Waals surface area (Å²) in [5.41, 5.74) is 4.02. The summed E-state index contributed by atoms with van der Waals surface area (Å²) < 4.78 is 1.08. The van der Waals surface area contributed by atoms with E-state index in [-0.39, 0.29) is 0 Å². The summed E-state index contributed by atoms with van der Waals surface area (Å²) in [6, 6.07) is 9.42. The van der Waals surface area contributed by atoms with Gasteiger partial charge < -0.3 is 5.32 Å². The van der Waals surface area contributed by atoms with E-state index in [1.807, 2.05) is 24.3 Å². The Labute approximate surface area is 118 Å². The Balaban J connectivity index is 1.99. The number of fused-ring (bicyclic) bond motifs is 1. The van der Waals surface area contributed by atoms with Crippen molar-refractivity contribution in [1.29, 1.82) is 5.26 Å². The minimum absolute atomic E-state index is 0.328. The highest BCUT2D eigenvalue weighted by atomic mass is 35.5. The smallest absolute Gasteiger partial charge is 0.150 e. The van der Waals surface area contributed by atoms with Gasteiger partial charge in [-0.15, -0.1) is 11.3 Å². The second-order valence-corrected chi connectivity index (χ2v) is 5.06. The molecule has 0 amide bonds. The van der Waals surface area contributed by atoms with Crippen molar-refractivity contribution in [3.8, 4) is 6.07 Å². The summed E-state index contributed by atoms with van der Waals surface area (Å²) in [6.45, 7) is 0. The Bertz CT molecular complexity index is 791. The first-order chi connectivity index (χ1) is 9.28. The highest BCUT2D eigenvalue weighted by Gasteiger charge is 2.08. The maximum atomic E-state index is 8.93. The molecule has 0 aliphatic rings. The van der Waals surface area contributed by atoms with Crippen LogP contribution in [0, 0.1) is 11.3 Å². The zero-order chi connectivity index (χ0) is 13.2. The van der Waals surface area contributed by atoms with Crippen LogP contribution in [0.1, 0.15) is 5.56 Å². The molecule has 0 spiro atoms. The van der Waals surface area contributed by atoms with E-state index in [1.165, 1.54) is 0 Å². The third-order valence-electron chi connectivity index (χ3n) is 2.60. The molecule has 0 atom stereocenters. The molecule has 4 nitrogen and oxygen atoms in total. The number of rotatable bonds is 2. The van der Waals surface area contributed by atoms with Crippen molar-refractivity contribution in [1.82, 2.24) is 9.97 Å². The Morgan fingerprint density at radius 1 is 1.26 bits per heavy atom. The van der Waals surface area contributed by atoms with Crippen molar-refractivity contribution in [2.45, 2.75) is 0 Å². The topological polar surface area (TPSA) is 61.6 Å². The van der Waals surface area contributed by atoms with Crippen molar-refractivity contribution >= 4 is 44.7 Å². The number of hydrogen-bond acceptors (Lipinski definition) is 5. The molecule has 0 aliphatic carbocycles. The zero-order valence-electron chi connectivity index (χ0n) is 9.59. The number of nitrogens with zero attached hydrogens (tertiary/aromatic N) is 3. The molecule has 2 aromatic heterocycles. The molecule has 19 heavy (non-hydrogen) atoms. The number of anilines is 2. The lowest BCUT2D eigenvalue weighted by Gasteiger charge is -2.07. The number of nitrogens with one attached hydrogen (secondary N) is 1. The van der Waals surface area contributed by atoms with Crippen LogP contribution < -0.4 is 5.32 Å². The lowest BCUT2D eigenvalue weighted by atomic mass is 10.2. The molecule has 6 heteroatoms. The standard InChI is InChI=1S/C13H7ClN4S/c14-12-8(6-15)3-4-16-13(12)18-9-1-2-10-11(5-9)19-7-17-10/h1-5,7H,(H,16,18). The summed E-state index contributed by atoms with van der Waals surface area (Å²) in [5, 5.41) is 12.4. The molecule has 0 bridgehead atoms. The molecule has 1 N–H and O–H groups in total. The van der Waals surface area contributed by atoms with E-state index in [1.54, 1.807) is 29.1 Å². The third kappa shape index (κ3) is 2.24. The van der Waals surface area contributed by atoms with Crippen LogP contribution in [0.25, 0.3) is 10.2 Å². The lowest BCUT2D eigenvalue weighted by molar-refractivity contribution is 1.29. The van der Waals surface area contributed by atoms with Crippen molar-refractivity contribution in [3.63, 3.8) is 0 Å². The second-order valence-electron chi connectivity index (χ2n) is 3.79. The average molecular weight is 287 g/mol. The van der Waals surface area contributed by atoms with Crippen LogP contribution in [0.15, 0.2) is 36.0 Å². The van der Waals surface area contributed by atoms with Gasteiger partial charge in [0.05, 0.1) is 21.3 Å². The number of aromatic nitrogens is 2. The Kier molecular flexibility index (Phi) is 3.03. The number of thiazole rings is 1. The second kappa shape index (κ2) is 4.84. The third-order valence-corrected chi connectivity index (χ3v) is 3.78. The minimum Gasteiger partial charge on any atom is -0.339 e. The molecule has 92 valence electrons.